The van der Waals surface area contributed by atoms with Crippen LogP contribution in [0.2, 0.25) is 0 Å². The Morgan fingerprint density at radius 3 is 2.83 bits per heavy atom. The smallest absolute Gasteiger partial charge is 0.108 e. The van der Waals surface area contributed by atoms with Crippen molar-refractivity contribution in [2.24, 2.45) is 0 Å². The van der Waals surface area contributed by atoms with Crippen molar-refractivity contribution in [3.63, 3.8) is 0 Å². The van der Waals surface area contributed by atoms with Gasteiger partial charge in [-0.2, -0.15) is 0 Å². The van der Waals surface area contributed by atoms with E-state index in [9.17, 15) is 0 Å². The van der Waals surface area contributed by atoms with Crippen molar-refractivity contribution in [1.29, 1.82) is 0 Å². The summed E-state index contributed by atoms with van der Waals surface area (Å²) in [6, 6.07) is 11.6. The highest BCUT2D eigenvalue weighted by atomic mass is 15.2. The van der Waals surface area contributed by atoms with Crippen LogP contribution in [0.15, 0.2) is 42.7 Å². The molecule has 0 saturated carbocycles. The molecule has 24 heavy (non-hydrogen) atoms. The van der Waals surface area contributed by atoms with Crippen molar-refractivity contribution in [2.45, 2.75) is 64.5 Å². The van der Waals surface area contributed by atoms with E-state index in [4.69, 9.17) is 0 Å². The van der Waals surface area contributed by atoms with E-state index >= 15 is 0 Å². The van der Waals surface area contributed by atoms with E-state index in [0.29, 0.717) is 0 Å². The third-order valence-corrected chi connectivity index (χ3v) is 5.32. The number of aromatic nitrogens is 2. The summed E-state index contributed by atoms with van der Waals surface area (Å²) in [6.07, 6.45) is 13.0. The first-order valence-corrected chi connectivity index (χ1v) is 9.65. The molecule has 2 aromatic rings. The Balaban J connectivity index is 1.48. The SMILES string of the molecule is CCc1nccn1CCC1CCCCN1CCCc1ccccc1. The Bertz CT molecular complexity index is 590. The van der Waals surface area contributed by atoms with E-state index in [1.54, 1.807) is 0 Å². The third kappa shape index (κ3) is 4.70. The van der Waals surface area contributed by atoms with Crippen LogP contribution in [0.4, 0.5) is 0 Å². The van der Waals surface area contributed by atoms with Crippen molar-refractivity contribution in [3.8, 4) is 0 Å². The van der Waals surface area contributed by atoms with E-state index < -0.39 is 0 Å². The molecule has 130 valence electrons. The summed E-state index contributed by atoms with van der Waals surface area (Å²) in [5, 5.41) is 0. The van der Waals surface area contributed by atoms with E-state index in [0.717, 1.165) is 19.0 Å². The monoisotopic (exact) mass is 325 g/mol. The van der Waals surface area contributed by atoms with Crippen LogP contribution in [0.1, 0.15) is 50.4 Å². The molecular weight excluding hydrogens is 294 g/mol. The molecule has 0 N–H and O–H groups in total. The van der Waals surface area contributed by atoms with Crippen LogP contribution in [0.5, 0.6) is 0 Å². The molecule has 1 unspecified atom stereocenters. The lowest BCUT2D eigenvalue weighted by Crippen LogP contribution is -2.40. The molecule has 1 aliphatic heterocycles. The summed E-state index contributed by atoms with van der Waals surface area (Å²) in [5.41, 5.74) is 1.47. The minimum absolute atomic E-state index is 0.752. The Kier molecular flexibility index (Phi) is 6.48. The van der Waals surface area contributed by atoms with E-state index in [-0.39, 0.29) is 0 Å². The molecule has 1 aliphatic rings. The molecule has 3 nitrogen and oxygen atoms in total. The fourth-order valence-corrected chi connectivity index (χ4v) is 3.96. The Morgan fingerprint density at radius 2 is 2.00 bits per heavy atom. The number of hydrogen-bond acceptors (Lipinski definition) is 2. The van der Waals surface area contributed by atoms with Gasteiger partial charge in [-0.1, -0.05) is 43.7 Å². The second kappa shape index (κ2) is 9.03. The van der Waals surface area contributed by atoms with Crippen molar-refractivity contribution in [3.05, 3.63) is 54.1 Å². The molecule has 0 amide bonds. The predicted molar refractivity (Wildman–Crippen MR) is 100 cm³/mol. The lowest BCUT2D eigenvalue weighted by atomic mass is 9.98. The number of benzene rings is 1. The summed E-state index contributed by atoms with van der Waals surface area (Å²) in [6.45, 7) is 5.83. The minimum Gasteiger partial charge on any atom is -0.335 e. The van der Waals surface area contributed by atoms with Gasteiger partial charge in [0.05, 0.1) is 0 Å². The van der Waals surface area contributed by atoms with Crippen LogP contribution in [-0.2, 0) is 19.4 Å². The molecule has 0 aliphatic carbocycles. The maximum atomic E-state index is 4.45. The quantitative estimate of drug-likeness (QED) is 0.720. The number of rotatable bonds is 8. The minimum atomic E-state index is 0.752. The van der Waals surface area contributed by atoms with Crippen molar-refractivity contribution in [2.75, 3.05) is 13.1 Å². The van der Waals surface area contributed by atoms with E-state index in [1.165, 1.54) is 63.0 Å². The zero-order chi connectivity index (χ0) is 16.6. The zero-order valence-corrected chi connectivity index (χ0v) is 15.0. The largest absolute Gasteiger partial charge is 0.335 e. The first-order valence-electron chi connectivity index (χ1n) is 9.65. The molecule has 1 atom stereocenters. The maximum Gasteiger partial charge on any atom is 0.108 e. The number of aryl methyl sites for hydroxylation is 3. The first-order chi connectivity index (χ1) is 11.9. The van der Waals surface area contributed by atoms with Gasteiger partial charge in [-0.25, -0.2) is 4.98 Å². The molecule has 1 aromatic heterocycles. The van der Waals surface area contributed by atoms with Gasteiger partial charge in [-0.3, -0.25) is 0 Å². The van der Waals surface area contributed by atoms with Crippen molar-refractivity contribution >= 4 is 0 Å². The topological polar surface area (TPSA) is 21.1 Å². The van der Waals surface area contributed by atoms with Gasteiger partial charge in [0.15, 0.2) is 0 Å². The van der Waals surface area contributed by atoms with Gasteiger partial charge >= 0.3 is 0 Å². The molecule has 3 heteroatoms. The van der Waals surface area contributed by atoms with Crippen molar-refractivity contribution in [1.82, 2.24) is 14.5 Å². The molecule has 3 rings (SSSR count). The normalized spacial score (nSPS) is 18.8. The predicted octanol–water partition coefficient (Wildman–Crippen LogP) is 4.32. The average molecular weight is 325 g/mol. The highest BCUT2D eigenvalue weighted by Gasteiger charge is 2.21. The Hall–Kier alpha value is -1.61. The molecule has 2 heterocycles. The van der Waals surface area contributed by atoms with Gasteiger partial charge in [0.1, 0.15) is 5.82 Å². The highest BCUT2D eigenvalue weighted by molar-refractivity contribution is 5.14. The van der Waals surface area contributed by atoms with Gasteiger partial charge in [-0.05, 0) is 50.8 Å². The lowest BCUT2D eigenvalue weighted by Gasteiger charge is -2.36. The second-order valence-electron chi connectivity index (χ2n) is 6.95. The summed E-state index contributed by atoms with van der Waals surface area (Å²) in [4.78, 5) is 7.20. The molecule has 0 radical (unpaired) electrons. The van der Waals surface area contributed by atoms with Gasteiger partial charge in [0.25, 0.3) is 0 Å². The number of imidazole rings is 1. The number of hydrogen-bond donors (Lipinski definition) is 0. The fraction of sp³-hybridized carbons (Fsp3) is 0.571. The molecule has 1 saturated heterocycles. The van der Waals surface area contributed by atoms with Crippen LogP contribution >= 0.6 is 0 Å². The number of piperidine rings is 1. The average Bonchev–Trinajstić information content (AvgIpc) is 3.09. The Morgan fingerprint density at radius 1 is 1.12 bits per heavy atom. The second-order valence-corrected chi connectivity index (χ2v) is 6.95. The number of likely N-dealkylation sites (tertiary alicyclic amines) is 1. The summed E-state index contributed by atoms with van der Waals surface area (Å²) < 4.78 is 2.34. The Labute approximate surface area is 146 Å². The number of nitrogens with zero attached hydrogens (tertiary/aromatic N) is 3. The van der Waals surface area contributed by atoms with Crippen LogP contribution in [0.25, 0.3) is 0 Å². The van der Waals surface area contributed by atoms with E-state index in [2.05, 4.69) is 57.9 Å². The van der Waals surface area contributed by atoms with Gasteiger partial charge in [0.2, 0.25) is 0 Å². The zero-order valence-electron chi connectivity index (χ0n) is 15.0. The third-order valence-electron chi connectivity index (χ3n) is 5.32. The fourth-order valence-electron chi connectivity index (χ4n) is 3.96. The molecular formula is C21H31N3. The lowest BCUT2D eigenvalue weighted by molar-refractivity contribution is 0.134. The van der Waals surface area contributed by atoms with Crippen LogP contribution < -0.4 is 0 Å². The van der Waals surface area contributed by atoms with Gasteiger partial charge < -0.3 is 9.47 Å². The molecule has 0 spiro atoms. The van der Waals surface area contributed by atoms with Crippen LogP contribution in [0, 0.1) is 0 Å². The molecule has 1 aromatic carbocycles. The maximum absolute atomic E-state index is 4.45. The van der Waals surface area contributed by atoms with Gasteiger partial charge in [0, 0.05) is 31.4 Å². The molecule has 1 fully saturated rings. The van der Waals surface area contributed by atoms with Crippen molar-refractivity contribution < 1.29 is 0 Å². The summed E-state index contributed by atoms with van der Waals surface area (Å²) in [7, 11) is 0. The van der Waals surface area contributed by atoms with Crippen LogP contribution in [0.3, 0.4) is 0 Å². The molecule has 0 bridgehead atoms. The standard InChI is InChI=1S/C21H31N3/c1-2-21-22-14-18-24(21)17-13-20-12-6-7-15-23(20)16-8-11-19-9-4-3-5-10-19/h3-5,9-10,14,18,20H,2,6-8,11-13,15-17H2,1H3. The van der Waals surface area contributed by atoms with Crippen LogP contribution in [-0.4, -0.2) is 33.6 Å². The highest BCUT2D eigenvalue weighted by Crippen LogP contribution is 2.21. The summed E-state index contributed by atoms with van der Waals surface area (Å²) in [5.74, 6) is 1.22. The first kappa shape index (κ1) is 17.2. The van der Waals surface area contributed by atoms with E-state index in [1.807, 2.05) is 6.20 Å². The van der Waals surface area contributed by atoms with Gasteiger partial charge in [-0.15, -0.1) is 0 Å². The summed E-state index contributed by atoms with van der Waals surface area (Å²) >= 11 is 0.